The summed E-state index contributed by atoms with van der Waals surface area (Å²) in [6.07, 6.45) is 0.703. The Morgan fingerprint density at radius 1 is 1.45 bits per heavy atom. The molecule has 0 aliphatic rings. The van der Waals surface area contributed by atoms with Crippen LogP contribution in [0, 0.1) is 0 Å². The number of rotatable bonds is 6. The molecule has 1 N–H and O–H groups in total. The SMILES string of the molecule is CCC(COC)NC(=O)c1cc(Br)cc(S(=O)(=O)Cl)c1. The third-order valence-electron chi connectivity index (χ3n) is 2.61. The van der Waals surface area contributed by atoms with Crippen LogP contribution in [-0.2, 0) is 13.8 Å². The fourth-order valence-electron chi connectivity index (χ4n) is 1.57. The van der Waals surface area contributed by atoms with Crippen LogP contribution in [0.25, 0.3) is 0 Å². The molecule has 20 heavy (non-hydrogen) atoms. The zero-order chi connectivity index (χ0) is 15.3. The first-order valence-corrected chi connectivity index (χ1v) is 8.93. The van der Waals surface area contributed by atoms with Crippen molar-refractivity contribution < 1.29 is 17.9 Å². The fraction of sp³-hybridized carbons (Fsp3) is 0.417. The molecule has 5 nitrogen and oxygen atoms in total. The van der Waals surface area contributed by atoms with Crippen LogP contribution in [0.3, 0.4) is 0 Å². The van der Waals surface area contributed by atoms with E-state index in [-0.39, 0.29) is 22.4 Å². The molecule has 1 unspecified atom stereocenters. The minimum absolute atomic E-state index is 0.126. The number of carbonyl (C=O) groups excluding carboxylic acids is 1. The highest BCUT2D eigenvalue weighted by molar-refractivity contribution is 9.10. The summed E-state index contributed by atoms with van der Waals surface area (Å²) in [5.41, 5.74) is 0.216. The second kappa shape index (κ2) is 7.40. The topological polar surface area (TPSA) is 72.5 Å². The number of carbonyl (C=O) groups is 1. The molecule has 1 aromatic carbocycles. The maximum Gasteiger partial charge on any atom is 0.261 e. The number of nitrogens with one attached hydrogen (secondary N) is 1. The van der Waals surface area contributed by atoms with Crippen LogP contribution in [-0.4, -0.2) is 34.1 Å². The summed E-state index contributed by atoms with van der Waals surface area (Å²) in [4.78, 5) is 12.0. The lowest BCUT2D eigenvalue weighted by Crippen LogP contribution is -2.37. The van der Waals surface area contributed by atoms with Gasteiger partial charge in [0, 0.05) is 27.8 Å². The molecule has 0 aliphatic heterocycles. The van der Waals surface area contributed by atoms with E-state index < -0.39 is 9.05 Å². The maximum atomic E-state index is 12.1. The van der Waals surface area contributed by atoms with E-state index in [1.165, 1.54) is 18.2 Å². The van der Waals surface area contributed by atoms with Crippen molar-refractivity contribution in [3.05, 3.63) is 28.2 Å². The minimum Gasteiger partial charge on any atom is -0.383 e. The first-order valence-electron chi connectivity index (χ1n) is 5.83. The van der Waals surface area contributed by atoms with Crippen LogP contribution in [0.15, 0.2) is 27.6 Å². The van der Waals surface area contributed by atoms with E-state index in [0.717, 1.165) is 0 Å². The largest absolute Gasteiger partial charge is 0.383 e. The summed E-state index contributed by atoms with van der Waals surface area (Å²) in [6, 6.07) is 3.97. The molecule has 1 rings (SSSR count). The Bertz CT molecular complexity index is 591. The predicted molar refractivity (Wildman–Crippen MR) is 80.6 cm³/mol. The van der Waals surface area contributed by atoms with Crippen molar-refractivity contribution >= 4 is 41.6 Å². The van der Waals surface area contributed by atoms with Gasteiger partial charge < -0.3 is 10.1 Å². The summed E-state index contributed by atoms with van der Waals surface area (Å²) < 4.78 is 28.1. The van der Waals surface area contributed by atoms with Gasteiger partial charge in [-0.3, -0.25) is 4.79 Å². The van der Waals surface area contributed by atoms with Crippen LogP contribution in [0.1, 0.15) is 23.7 Å². The highest BCUT2D eigenvalue weighted by Crippen LogP contribution is 2.22. The van der Waals surface area contributed by atoms with Gasteiger partial charge in [0.15, 0.2) is 0 Å². The van der Waals surface area contributed by atoms with Gasteiger partial charge in [-0.05, 0) is 24.6 Å². The molecule has 0 saturated carbocycles. The summed E-state index contributed by atoms with van der Waals surface area (Å²) in [5, 5.41) is 2.77. The number of hydrogen-bond acceptors (Lipinski definition) is 4. The van der Waals surface area contributed by atoms with E-state index in [0.29, 0.717) is 17.5 Å². The van der Waals surface area contributed by atoms with E-state index in [2.05, 4.69) is 21.2 Å². The first kappa shape index (κ1) is 17.4. The van der Waals surface area contributed by atoms with Gasteiger partial charge in [-0.2, -0.15) is 0 Å². The van der Waals surface area contributed by atoms with Crippen molar-refractivity contribution in [3.8, 4) is 0 Å². The lowest BCUT2D eigenvalue weighted by molar-refractivity contribution is 0.0894. The van der Waals surface area contributed by atoms with Crippen LogP contribution in [0.4, 0.5) is 0 Å². The molecule has 112 valence electrons. The molecule has 1 aromatic rings. The van der Waals surface area contributed by atoms with Gasteiger partial charge in [-0.15, -0.1) is 0 Å². The zero-order valence-electron chi connectivity index (χ0n) is 11.0. The van der Waals surface area contributed by atoms with E-state index in [4.69, 9.17) is 15.4 Å². The average molecular weight is 385 g/mol. The van der Waals surface area contributed by atoms with Gasteiger partial charge in [0.05, 0.1) is 17.5 Å². The number of methoxy groups -OCH3 is 1. The third kappa shape index (κ3) is 5.05. The Hall–Kier alpha value is -0.630. The Morgan fingerprint density at radius 3 is 2.60 bits per heavy atom. The Kier molecular flexibility index (Phi) is 6.44. The van der Waals surface area contributed by atoms with E-state index in [1.54, 1.807) is 7.11 Å². The van der Waals surface area contributed by atoms with Crippen molar-refractivity contribution in [1.29, 1.82) is 0 Å². The number of benzene rings is 1. The number of ether oxygens (including phenoxy) is 1. The van der Waals surface area contributed by atoms with Gasteiger partial charge in [0.25, 0.3) is 15.0 Å². The monoisotopic (exact) mass is 383 g/mol. The number of amides is 1. The molecule has 0 heterocycles. The molecule has 0 aliphatic carbocycles. The molecule has 1 atom stereocenters. The van der Waals surface area contributed by atoms with Crippen molar-refractivity contribution in [2.75, 3.05) is 13.7 Å². The van der Waals surface area contributed by atoms with Gasteiger partial charge in [0.2, 0.25) is 0 Å². The van der Waals surface area contributed by atoms with Crippen LogP contribution >= 0.6 is 26.6 Å². The molecule has 0 radical (unpaired) electrons. The summed E-state index contributed by atoms with van der Waals surface area (Å²) in [7, 11) is 2.95. The van der Waals surface area contributed by atoms with Crippen molar-refractivity contribution in [2.45, 2.75) is 24.3 Å². The Morgan fingerprint density at radius 2 is 2.10 bits per heavy atom. The van der Waals surface area contributed by atoms with Crippen LogP contribution < -0.4 is 5.32 Å². The van der Waals surface area contributed by atoms with E-state index in [9.17, 15) is 13.2 Å². The Labute approximate surface area is 131 Å². The smallest absolute Gasteiger partial charge is 0.261 e. The average Bonchev–Trinajstić information content (AvgIpc) is 2.36. The molecule has 0 saturated heterocycles. The fourth-order valence-corrected chi connectivity index (χ4v) is 3.01. The summed E-state index contributed by atoms with van der Waals surface area (Å²) in [6.45, 7) is 2.30. The molecule has 0 bridgehead atoms. The van der Waals surface area contributed by atoms with Crippen molar-refractivity contribution in [1.82, 2.24) is 5.32 Å². The van der Waals surface area contributed by atoms with Gasteiger partial charge in [-0.1, -0.05) is 22.9 Å². The highest BCUT2D eigenvalue weighted by atomic mass is 79.9. The van der Waals surface area contributed by atoms with E-state index in [1.807, 2.05) is 6.92 Å². The quantitative estimate of drug-likeness (QED) is 0.765. The second-order valence-corrected chi connectivity index (χ2v) is 7.63. The van der Waals surface area contributed by atoms with Gasteiger partial charge >= 0.3 is 0 Å². The highest BCUT2D eigenvalue weighted by Gasteiger charge is 2.17. The minimum atomic E-state index is -3.89. The van der Waals surface area contributed by atoms with E-state index >= 15 is 0 Å². The van der Waals surface area contributed by atoms with Crippen LogP contribution in [0.2, 0.25) is 0 Å². The lowest BCUT2D eigenvalue weighted by atomic mass is 10.2. The molecular weight excluding hydrogens is 370 g/mol. The van der Waals surface area contributed by atoms with Gasteiger partial charge in [-0.25, -0.2) is 8.42 Å². The van der Waals surface area contributed by atoms with Crippen molar-refractivity contribution in [2.24, 2.45) is 0 Å². The van der Waals surface area contributed by atoms with Gasteiger partial charge in [0.1, 0.15) is 0 Å². The first-order chi connectivity index (χ1) is 9.27. The zero-order valence-corrected chi connectivity index (χ0v) is 14.2. The standard InChI is InChI=1S/C12H15BrClNO4S/c1-3-10(7-19-2)15-12(16)8-4-9(13)6-11(5-8)20(14,17)18/h4-6,10H,3,7H2,1-2H3,(H,15,16). The lowest BCUT2D eigenvalue weighted by Gasteiger charge is -2.16. The normalized spacial score (nSPS) is 13.0. The number of halogens is 2. The Balaban J connectivity index is 3.02. The predicted octanol–water partition coefficient (Wildman–Crippen LogP) is 2.53. The number of hydrogen-bond donors (Lipinski definition) is 1. The molecule has 1 amide bonds. The molecule has 0 fully saturated rings. The molecular formula is C12H15BrClNO4S. The van der Waals surface area contributed by atoms with Crippen LogP contribution in [0.5, 0.6) is 0 Å². The second-order valence-electron chi connectivity index (χ2n) is 4.15. The molecule has 8 heteroatoms. The molecule has 0 spiro atoms. The third-order valence-corrected chi connectivity index (χ3v) is 4.40. The molecule has 0 aromatic heterocycles. The van der Waals surface area contributed by atoms with Crippen molar-refractivity contribution in [3.63, 3.8) is 0 Å². The summed E-state index contributed by atoms with van der Waals surface area (Å²) in [5.74, 6) is -0.378. The maximum absolute atomic E-state index is 12.1. The summed E-state index contributed by atoms with van der Waals surface area (Å²) >= 11 is 3.16.